The number of nitrogens with zero attached hydrogens (tertiary/aromatic N) is 1. The van der Waals surface area contributed by atoms with E-state index in [1.807, 2.05) is 25.1 Å². The molecule has 1 aliphatic rings. The molecule has 3 nitrogen and oxygen atoms in total. The van der Waals surface area contributed by atoms with Gasteiger partial charge in [-0.15, -0.1) is 0 Å². The molecule has 3 aromatic rings. The molecule has 1 aliphatic heterocycles. The lowest BCUT2D eigenvalue weighted by Gasteiger charge is -2.14. The van der Waals surface area contributed by atoms with Crippen molar-refractivity contribution >= 4 is 5.91 Å². The van der Waals surface area contributed by atoms with E-state index in [2.05, 4.69) is 11.4 Å². The van der Waals surface area contributed by atoms with Crippen molar-refractivity contribution in [3.05, 3.63) is 82.7 Å². The highest BCUT2D eigenvalue weighted by atomic mass is 19.1. The highest BCUT2D eigenvalue weighted by Gasteiger charge is 2.23. The van der Waals surface area contributed by atoms with Crippen LogP contribution in [0.2, 0.25) is 0 Å². The predicted octanol–water partition coefficient (Wildman–Crippen LogP) is 4.58. The Hall–Kier alpha value is -3.45. The van der Waals surface area contributed by atoms with Gasteiger partial charge in [0.25, 0.3) is 5.91 Å². The number of nitrogens with one attached hydrogen (secondary N) is 1. The van der Waals surface area contributed by atoms with Crippen LogP contribution in [0.15, 0.2) is 54.6 Å². The number of benzene rings is 3. The first-order chi connectivity index (χ1) is 12.6. The van der Waals surface area contributed by atoms with Gasteiger partial charge in [0.2, 0.25) is 0 Å². The van der Waals surface area contributed by atoms with Crippen LogP contribution < -0.4 is 5.32 Å². The maximum absolute atomic E-state index is 14.7. The molecule has 0 aromatic heterocycles. The van der Waals surface area contributed by atoms with Crippen molar-refractivity contribution in [2.45, 2.75) is 13.5 Å². The largest absolute Gasteiger partial charge is 0.348 e. The summed E-state index contributed by atoms with van der Waals surface area (Å²) in [4.78, 5) is 12.1. The van der Waals surface area contributed by atoms with Crippen LogP contribution in [0.25, 0.3) is 22.3 Å². The van der Waals surface area contributed by atoms with E-state index in [1.54, 1.807) is 30.3 Å². The number of nitriles is 1. The van der Waals surface area contributed by atoms with Gasteiger partial charge in [0.1, 0.15) is 5.82 Å². The van der Waals surface area contributed by atoms with Crippen LogP contribution in [0.1, 0.15) is 27.0 Å². The predicted molar refractivity (Wildman–Crippen MR) is 97.9 cm³/mol. The quantitative estimate of drug-likeness (QED) is 0.741. The molecule has 1 heterocycles. The second-order valence-corrected chi connectivity index (χ2v) is 6.41. The summed E-state index contributed by atoms with van der Waals surface area (Å²) < 4.78 is 14.7. The molecule has 0 saturated carbocycles. The molecule has 1 N–H and O–H groups in total. The van der Waals surface area contributed by atoms with Crippen molar-refractivity contribution in [1.82, 2.24) is 5.32 Å². The van der Waals surface area contributed by atoms with E-state index < -0.39 is 0 Å². The van der Waals surface area contributed by atoms with E-state index in [9.17, 15) is 14.4 Å². The van der Waals surface area contributed by atoms with Crippen LogP contribution in [0.4, 0.5) is 4.39 Å². The summed E-state index contributed by atoms with van der Waals surface area (Å²) in [5.41, 5.74) is 5.53. The standard InChI is InChI=1S/C22H15FN2O/c1-13-5-6-17(21(23)7-13)20-10-19-16(12-25-22(19)26)9-18(20)15-4-2-3-14(8-15)11-24/h2-10H,12H2,1H3,(H,25,26). The average Bonchev–Trinajstić information content (AvgIpc) is 3.01. The smallest absolute Gasteiger partial charge is 0.251 e. The summed E-state index contributed by atoms with van der Waals surface area (Å²) in [5, 5.41) is 12.0. The lowest BCUT2D eigenvalue weighted by Crippen LogP contribution is -2.12. The van der Waals surface area contributed by atoms with Crippen molar-refractivity contribution in [2.24, 2.45) is 0 Å². The minimum atomic E-state index is -0.332. The minimum absolute atomic E-state index is 0.147. The number of carbonyl (C=O) groups is 1. The first kappa shape index (κ1) is 16.0. The van der Waals surface area contributed by atoms with Gasteiger partial charge in [-0.2, -0.15) is 5.26 Å². The number of carbonyl (C=O) groups excluding carboxylic acids is 1. The Labute approximate surface area is 150 Å². The number of rotatable bonds is 2. The molecule has 1 amide bonds. The number of halogens is 1. The molecule has 0 saturated heterocycles. The van der Waals surface area contributed by atoms with Gasteiger partial charge in [0.05, 0.1) is 11.6 Å². The third-order valence-corrected chi connectivity index (χ3v) is 4.64. The first-order valence-corrected chi connectivity index (χ1v) is 8.29. The molecule has 0 bridgehead atoms. The van der Waals surface area contributed by atoms with Crippen molar-refractivity contribution in [1.29, 1.82) is 5.26 Å². The Morgan fingerprint density at radius 3 is 2.62 bits per heavy atom. The van der Waals surface area contributed by atoms with E-state index in [4.69, 9.17) is 0 Å². The van der Waals surface area contributed by atoms with Gasteiger partial charge in [0, 0.05) is 17.7 Å². The van der Waals surface area contributed by atoms with Gasteiger partial charge in [-0.1, -0.05) is 24.3 Å². The van der Waals surface area contributed by atoms with E-state index in [0.717, 1.165) is 22.3 Å². The highest BCUT2D eigenvalue weighted by molar-refractivity contribution is 6.01. The molecule has 4 heteroatoms. The second kappa shape index (κ2) is 6.12. The van der Waals surface area contributed by atoms with Gasteiger partial charge in [-0.25, -0.2) is 4.39 Å². The Morgan fingerprint density at radius 1 is 1.00 bits per heavy atom. The number of hydrogen-bond acceptors (Lipinski definition) is 2. The fourth-order valence-electron chi connectivity index (χ4n) is 3.33. The summed E-state index contributed by atoms with van der Waals surface area (Å²) in [6, 6.07) is 18.1. The Balaban J connectivity index is 2.01. The zero-order valence-corrected chi connectivity index (χ0v) is 14.1. The molecule has 0 unspecified atom stereocenters. The minimum Gasteiger partial charge on any atom is -0.348 e. The molecule has 0 radical (unpaired) electrons. The second-order valence-electron chi connectivity index (χ2n) is 6.41. The van der Waals surface area contributed by atoms with Crippen molar-refractivity contribution in [3.8, 4) is 28.3 Å². The molecular weight excluding hydrogens is 327 g/mol. The molecule has 0 atom stereocenters. The lowest BCUT2D eigenvalue weighted by atomic mass is 9.89. The van der Waals surface area contributed by atoms with E-state index >= 15 is 0 Å². The highest BCUT2D eigenvalue weighted by Crippen LogP contribution is 2.37. The summed E-state index contributed by atoms with van der Waals surface area (Å²) >= 11 is 0. The number of aryl methyl sites for hydroxylation is 1. The van der Waals surface area contributed by atoms with Gasteiger partial charge >= 0.3 is 0 Å². The van der Waals surface area contributed by atoms with E-state index in [1.165, 1.54) is 6.07 Å². The summed E-state index contributed by atoms with van der Waals surface area (Å²) in [7, 11) is 0. The van der Waals surface area contributed by atoms with Crippen molar-refractivity contribution in [2.75, 3.05) is 0 Å². The van der Waals surface area contributed by atoms with Gasteiger partial charge in [-0.3, -0.25) is 4.79 Å². The molecule has 26 heavy (non-hydrogen) atoms. The SMILES string of the molecule is Cc1ccc(-c2cc3c(cc2-c2cccc(C#N)c2)CNC3=O)c(F)c1. The van der Waals surface area contributed by atoms with Gasteiger partial charge in [-0.05, 0) is 65.1 Å². The fraction of sp³-hybridized carbons (Fsp3) is 0.0909. The first-order valence-electron chi connectivity index (χ1n) is 8.29. The zero-order chi connectivity index (χ0) is 18.3. The molecule has 0 aliphatic carbocycles. The average molecular weight is 342 g/mol. The summed E-state index contributed by atoms with van der Waals surface area (Å²) in [6.45, 7) is 2.29. The van der Waals surface area contributed by atoms with Crippen LogP contribution in [0.5, 0.6) is 0 Å². The Bertz CT molecular complexity index is 1100. The Kier molecular flexibility index (Phi) is 3.78. The zero-order valence-electron chi connectivity index (χ0n) is 14.1. The summed E-state index contributed by atoms with van der Waals surface area (Å²) in [5.74, 6) is -0.480. The third kappa shape index (κ3) is 2.64. The molecule has 4 rings (SSSR count). The van der Waals surface area contributed by atoms with Gasteiger partial charge in [0.15, 0.2) is 0 Å². The molecular formula is C22H15FN2O. The topological polar surface area (TPSA) is 52.9 Å². The lowest BCUT2D eigenvalue weighted by molar-refractivity contribution is 0.0966. The summed E-state index contributed by atoms with van der Waals surface area (Å²) in [6.07, 6.45) is 0. The van der Waals surface area contributed by atoms with Crippen molar-refractivity contribution in [3.63, 3.8) is 0 Å². The van der Waals surface area contributed by atoms with Crippen LogP contribution in [-0.2, 0) is 6.54 Å². The molecule has 0 spiro atoms. The number of hydrogen-bond donors (Lipinski definition) is 1. The van der Waals surface area contributed by atoms with Crippen LogP contribution >= 0.6 is 0 Å². The molecule has 3 aromatic carbocycles. The van der Waals surface area contributed by atoms with Crippen molar-refractivity contribution < 1.29 is 9.18 Å². The molecule has 0 fully saturated rings. The van der Waals surface area contributed by atoms with Crippen LogP contribution in [0, 0.1) is 24.1 Å². The van der Waals surface area contributed by atoms with E-state index in [-0.39, 0.29) is 11.7 Å². The third-order valence-electron chi connectivity index (χ3n) is 4.64. The normalized spacial score (nSPS) is 12.4. The fourth-order valence-corrected chi connectivity index (χ4v) is 3.33. The maximum atomic E-state index is 14.7. The van der Waals surface area contributed by atoms with Crippen LogP contribution in [-0.4, -0.2) is 5.91 Å². The van der Waals surface area contributed by atoms with Crippen LogP contribution in [0.3, 0.4) is 0 Å². The number of amides is 1. The Morgan fingerprint density at radius 2 is 1.85 bits per heavy atom. The number of fused-ring (bicyclic) bond motifs is 1. The van der Waals surface area contributed by atoms with Gasteiger partial charge < -0.3 is 5.32 Å². The maximum Gasteiger partial charge on any atom is 0.251 e. The molecule has 126 valence electrons. The monoisotopic (exact) mass is 342 g/mol. The van der Waals surface area contributed by atoms with E-state index in [0.29, 0.717) is 28.8 Å².